The first-order chi connectivity index (χ1) is 17.2. The molecule has 0 saturated carbocycles. The van der Waals surface area contributed by atoms with Crippen LogP contribution >= 0.6 is 0 Å². The van der Waals surface area contributed by atoms with Crippen molar-refractivity contribution in [3.8, 4) is 0 Å². The molecule has 9 nitrogen and oxygen atoms in total. The van der Waals surface area contributed by atoms with Gasteiger partial charge in [-0.2, -0.15) is 0 Å². The van der Waals surface area contributed by atoms with Crippen LogP contribution in [0.4, 0.5) is 40.8 Å². The third kappa shape index (κ3) is 6.95. The maximum absolute atomic E-state index is 13.7. The highest BCUT2D eigenvalue weighted by atomic mass is 19.2. The molecule has 1 aromatic heterocycles. The minimum absolute atomic E-state index is 0.0257. The van der Waals surface area contributed by atoms with Crippen LogP contribution in [-0.2, 0) is 11.2 Å². The standard InChI is InChI=1S/C24H22F3N5O4/c1-2-28-24(36)32-20-11-19(30-15-9-17(25)22(27)18(26)10-15)16(12-29-20)23(35)31-14-6-3-13(4-7-14)5-8-21(33)34/h3-4,6-7,9-12H,2,5,8H2,1H3,(H,31,35)(H,33,34)(H3,28,29,30,32,36). The quantitative estimate of drug-likeness (QED) is 0.271. The van der Waals surface area contributed by atoms with Gasteiger partial charge in [-0.1, -0.05) is 12.1 Å². The SMILES string of the molecule is CCNC(=O)Nc1cc(Nc2cc(F)c(F)c(F)c2)c(C(=O)Nc2ccc(CCC(=O)O)cc2)cn1. The van der Waals surface area contributed by atoms with Crippen LogP contribution in [0, 0.1) is 17.5 Å². The maximum atomic E-state index is 13.7. The number of aliphatic carboxylic acids is 1. The number of carbonyl (C=O) groups is 3. The van der Waals surface area contributed by atoms with E-state index in [0.29, 0.717) is 30.8 Å². The molecule has 3 rings (SSSR count). The second-order valence-electron chi connectivity index (χ2n) is 7.52. The van der Waals surface area contributed by atoms with E-state index in [1.165, 1.54) is 6.07 Å². The monoisotopic (exact) mass is 501 g/mol. The van der Waals surface area contributed by atoms with Crippen LogP contribution in [0.15, 0.2) is 48.7 Å². The lowest BCUT2D eigenvalue weighted by atomic mass is 10.1. The molecule has 36 heavy (non-hydrogen) atoms. The predicted octanol–water partition coefficient (Wildman–Crippen LogP) is 4.65. The fraction of sp³-hybridized carbons (Fsp3) is 0.167. The summed E-state index contributed by atoms with van der Waals surface area (Å²) in [5.41, 5.74) is 0.960. The van der Waals surface area contributed by atoms with Crippen molar-refractivity contribution in [2.45, 2.75) is 19.8 Å². The summed E-state index contributed by atoms with van der Waals surface area (Å²) in [5, 5.41) is 19.1. The summed E-state index contributed by atoms with van der Waals surface area (Å²) in [6.07, 6.45) is 1.44. The van der Waals surface area contributed by atoms with Gasteiger partial charge in [0.15, 0.2) is 17.5 Å². The summed E-state index contributed by atoms with van der Waals surface area (Å²) in [4.78, 5) is 39.6. The molecule has 0 radical (unpaired) electrons. The second kappa shape index (κ2) is 11.7. The number of pyridine rings is 1. The van der Waals surface area contributed by atoms with Crippen LogP contribution in [-0.4, -0.2) is 34.5 Å². The summed E-state index contributed by atoms with van der Waals surface area (Å²) >= 11 is 0. The Bertz CT molecular complexity index is 1260. The van der Waals surface area contributed by atoms with Gasteiger partial charge in [0.1, 0.15) is 5.82 Å². The van der Waals surface area contributed by atoms with Crippen molar-refractivity contribution in [2.24, 2.45) is 0 Å². The molecule has 0 bridgehead atoms. The molecule has 3 amide bonds. The van der Waals surface area contributed by atoms with Crippen molar-refractivity contribution in [2.75, 3.05) is 22.5 Å². The minimum Gasteiger partial charge on any atom is -0.481 e. The fourth-order valence-corrected chi connectivity index (χ4v) is 3.12. The number of carbonyl (C=O) groups excluding carboxylic acids is 2. The van der Waals surface area contributed by atoms with Crippen LogP contribution in [0.5, 0.6) is 0 Å². The number of benzene rings is 2. The highest BCUT2D eigenvalue weighted by molar-refractivity contribution is 6.08. The zero-order chi connectivity index (χ0) is 26.2. The van der Waals surface area contributed by atoms with Crippen LogP contribution in [0.25, 0.3) is 0 Å². The molecule has 0 aliphatic heterocycles. The Morgan fingerprint density at radius 3 is 2.22 bits per heavy atom. The van der Waals surface area contributed by atoms with E-state index in [4.69, 9.17) is 5.11 Å². The van der Waals surface area contributed by atoms with Crippen LogP contribution in [0.3, 0.4) is 0 Å². The van der Waals surface area contributed by atoms with Crippen LogP contribution in [0.2, 0.25) is 0 Å². The van der Waals surface area contributed by atoms with Crippen molar-refractivity contribution in [3.63, 3.8) is 0 Å². The molecule has 188 valence electrons. The Balaban J connectivity index is 1.87. The third-order valence-electron chi connectivity index (χ3n) is 4.83. The lowest BCUT2D eigenvalue weighted by Gasteiger charge is -2.15. The van der Waals surface area contributed by atoms with Gasteiger partial charge in [0, 0.05) is 48.7 Å². The van der Waals surface area contributed by atoms with Crippen molar-refractivity contribution in [3.05, 3.63) is 77.2 Å². The zero-order valence-corrected chi connectivity index (χ0v) is 19.0. The molecular formula is C24H22F3N5O4. The number of aryl methyl sites for hydroxylation is 1. The molecule has 0 aliphatic rings. The highest BCUT2D eigenvalue weighted by Gasteiger charge is 2.17. The summed E-state index contributed by atoms with van der Waals surface area (Å²) in [5.74, 6) is -6.03. The Hall–Kier alpha value is -4.61. The lowest BCUT2D eigenvalue weighted by molar-refractivity contribution is -0.136. The largest absolute Gasteiger partial charge is 0.481 e. The van der Waals surface area contributed by atoms with E-state index in [2.05, 4.69) is 26.3 Å². The smallest absolute Gasteiger partial charge is 0.320 e. The van der Waals surface area contributed by atoms with Gasteiger partial charge in [0.2, 0.25) is 0 Å². The number of urea groups is 1. The molecule has 3 aromatic rings. The van der Waals surface area contributed by atoms with E-state index in [-0.39, 0.29) is 29.2 Å². The number of hydrogen-bond acceptors (Lipinski definition) is 5. The average Bonchev–Trinajstić information content (AvgIpc) is 2.82. The summed E-state index contributed by atoms with van der Waals surface area (Å²) in [7, 11) is 0. The number of carboxylic acid groups (broad SMARTS) is 1. The van der Waals surface area contributed by atoms with E-state index >= 15 is 0 Å². The number of rotatable bonds is 9. The van der Waals surface area contributed by atoms with Gasteiger partial charge in [-0.15, -0.1) is 0 Å². The topological polar surface area (TPSA) is 132 Å². The molecule has 5 N–H and O–H groups in total. The van der Waals surface area contributed by atoms with Crippen molar-refractivity contribution < 1.29 is 32.7 Å². The van der Waals surface area contributed by atoms with Gasteiger partial charge < -0.3 is 21.1 Å². The first-order valence-electron chi connectivity index (χ1n) is 10.7. The van der Waals surface area contributed by atoms with Gasteiger partial charge in [-0.05, 0) is 31.0 Å². The summed E-state index contributed by atoms with van der Waals surface area (Å²) in [6, 6.07) is 8.66. The van der Waals surface area contributed by atoms with Crippen molar-refractivity contribution >= 4 is 40.8 Å². The van der Waals surface area contributed by atoms with E-state index in [1.807, 2.05) is 0 Å². The number of carboxylic acids is 1. The Morgan fingerprint density at radius 1 is 0.944 bits per heavy atom. The Labute approximate surface area is 203 Å². The van der Waals surface area contributed by atoms with Gasteiger partial charge in [-0.3, -0.25) is 14.9 Å². The second-order valence-corrected chi connectivity index (χ2v) is 7.52. The Kier molecular flexibility index (Phi) is 8.44. The molecule has 2 aromatic carbocycles. The molecule has 12 heteroatoms. The molecule has 0 spiro atoms. The number of anilines is 4. The first kappa shape index (κ1) is 26.0. The van der Waals surface area contributed by atoms with Gasteiger partial charge in [-0.25, -0.2) is 22.9 Å². The number of nitrogens with one attached hydrogen (secondary N) is 4. The van der Waals surface area contributed by atoms with Gasteiger partial charge in [0.05, 0.1) is 11.3 Å². The van der Waals surface area contributed by atoms with E-state index in [0.717, 1.165) is 11.8 Å². The van der Waals surface area contributed by atoms with Gasteiger partial charge in [0.25, 0.3) is 5.91 Å². The Morgan fingerprint density at radius 2 is 1.61 bits per heavy atom. The number of nitrogens with zero attached hydrogens (tertiary/aromatic N) is 1. The van der Waals surface area contributed by atoms with Crippen molar-refractivity contribution in [1.29, 1.82) is 0 Å². The number of hydrogen-bond donors (Lipinski definition) is 5. The van der Waals surface area contributed by atoms with Gasteiger partial charge >= 0.3 is 12.0 Å². The predicted molar refractivity (Wildman–Crippen MR) is 127 cm³/mol. The molecule has 1 heterocycles. The number of halogens is 3. The zero-order valence-electron chi connectivity index (χ0n) is 19.0. The number of aromatic nitrogens is 1. The maximum Gasteiger partial charge on any atom is 0.320 e. The average molecular weight is 501 g/mol. The third-order valence-corrected chi connectivity index (χ3v) is 4.83. The molecular weight excluding hydrogens is 479 g/mol. The normalized spacial score (nSPS) is 10.4. The van der Waals surface area contributed by atoms with E-state index in [9.17, 15) is 27.6 Å². The van der Waals surface area contributed by atoms with E-state index < -0.39 is 35.4 Å². The molecule has 0 atom stereocenters. The lowest BCUT2D eigenvalue weighted by Crippen LogP contribution is -2.28. The summed E-state index contributed by atoms with van der Waals surface area (Å²) < 4.78 is 40.8. The summed E-state index contributed by atoms with van der Waals surface area (Å²) in [6.45, 7) is 2.06. The molecule has 0 saturated heterocycles. The van der Waals surface area contributed by atoms with E-state index in [1.54, 1.807) is 31.2 Å². The molecule has 0 fully saturated rings. The molecule has 0 unspecified atom stereocenters. The number of amides is 3. The fourth-order valence-electron chi connectivity index (χ4n) is 3.12. The van der Waals surface area contributed by atoms with Crippen LogP contribution in [0.1, 0.15) is 29.3 Å². The highest BCUT2D eigenvalue weighted by Crippen LogP contribution is 2.26. The van der Waals surface area contributed by atoms with Crippen molar-refractivity contribution in [1.82, 2.24) is 10.3 Å². The minimum atomic E-state index is -1.64. The van der Waals surface area contributed by atoms with Crippen LogP contribution < -0.4 is 21.3 Å². The molecule has 0 aliphatic carbocycles. The first-order valence-corrected chi connectivity index (χ1v) is 10.7.